The summed E-state index contributed by atoms with van der Waals surface area (Å²) in [6.07, 6.45) is 0.890. The Morgan fingerprint density at radius 2 is 1.56 bits per heavy atom. The van der Waals surface area contributed by atoms with E-state index in [9.17, 15) is 9.90 Å². The van der Waals surface area contributed by atoms with Crippen LogP contribution >= 0.6 is 12.4 Å². The van der Waals surface area contributed by atoms with Crippen LogP contribution in [0.15, 0.2) is 48.5 Å². The zero-order valence-electron chi connectivity index (χ0n) is 20.2. The second-order valence-corrected chi connectivity index (χ2v) is 8.78. The minimum atomic E-state index is -0.245. The lowest BCUT2D eigenvalue weighted by Gasteiger charge is -2.32. The van der Waals surface area contributed by atoms with Gasteiger partial charge in [0.05, 0.1) is 12.5 Å². The maximum absolute atomic E-state index is 12.3. The molecule has 0 saturated heterocycles. The summed E-state index contributed by atoms with van der Waals surface area (Å²) < 4.78 is 5.78. The van der Waals surface area contributed by atoms with E-state index in [0.29, 0.717) is 17.8 Å². The molecule has 1 unspecified atom stereocenters. The van der Waals surface area contributed by atoms with Crippen molar-refractivity contribution in [3.05, 3.63) is 65.2 Å². The molecule has 0 aliphatic heterocycles. The highest BCUT2D eigenvalue weighted by atomic mass is 35.5. The van der Waals surface area contributed by atoms with Crippen LogP contribution in [0.5, 0.6) is 5.75 Å². The van der Waals surface area contributed by atoms with Gasteiger partial charge < -0.3 is 15.3 Å². The first-order chi connectivity index (χ1) is 14.2. The number of esters is 1. The van der Waals surface area contributed by atoms with Crippen molar-refractivity contribution in [2.75, 3.05) is 6.54 Å². The number of hydrogen-bond acceptors (Lipinski definition) is 4. The van der Waals surface area contributed by atoms with E-state index in [2.05, 4.69) is 44.7 Å². The maximum atomic E-state index is 12.3. The normalized spacial score (nSPS) is 12.0. The van der Waals surface area contributed by atoms with E-state index in [1.54, 1.807) is 0 Å². The van der Waals surface area contributed by atoms with Gasteiger partial charge in [0.25, 0.3) is 0 Å². The van der Waals surface area contributed by atoms with Gasteiger partial charge in [0.1, 0.15) is 5.75 Å². The van der Waals surface area contributed by atoms with E-state index >= 15 is 0 Å². The number of ether oxygens (including phenoxy) is 1. The molecule has 180 valence electrons. The molecule has 0 aliphatic rings. The zero-order valence-corrected chi connectivity index (χ0v) is 21.0. The fraction of sp³-hybridized carbons (Fsp3) is 0.500. The number of nitrogens with zero attached hydrogens (tertiary/aromatic N) is 1. The van der Waals surface area contributed by atoms with Crippen LogP contribution in [0.2, 0.25) is 0 Å². The molecule has 0 amide bonds. The lowest BCUT2D eigenvalue weighted by atomic mass is 9.86. The fourth-order valence-electron chi connectivity index (χ4n) is 3.87. The molecule has 3 N–H and O–H groups in total. The molecule has 2 aromatic rings. The predicted molar refractivity (Wildman–Crippen MR) is 134 cm³/mol. The van der Waals surface area contributed by atoms with Crippen molar-refractivity contribution < 1.29 is 20.1 Å². The van der Waals surface area contributed by atoms with Crippen LogP contribution < -0.4 is 4.74 Å². The first kappa shape index (κ1) is 30.1. The average molecular weight is 466 g/mol. The number of carbonyl (C=O) groups excluding carboxylic acids is 1. The second kappa shape index (κ2) is 14.3. The van der Waals surface area contributed by atoms with Gasteiger partial charge >= 0.3 is 5.97 Å². The molecule has 5 nitrogen and oxygen atoms in total. The Bertz CT molecular complexity index is 801. The Hall–Kier alpha value is -1.92. The van der Waals surface area contributed by atoms with Crippen molar-refractivity contribution in [2.45, 2.75) is 72.6 Å². The van der Waals surface area contributed by atoms with Crippen molar-refractivity contribution in [1.29, 1.82) is 0 Å². The minimum absolute atomic E-state index is 0. The molecule has 2 rings (SSSR count). The van der Waals surface area contributed by atoms with Gasteiger partial charge in [-0.15, -0.1) is 12.4 Å². The number of rotatable bonds is 10. The molecule has 1 atom stereocenters. The van der Waals surface area contributed by atoms with Gasteiger partial charge in [0.15, 0.2) is 0 Å². The Morgan fingerprint density at radius 3 is 2.06 bits per heavy atom. The van der Waals surface area contributed by atoms with Crippen molar-refractivity contribution in [1.82, 2.24) is 4.90 Å². The van der Waals surface area contributed by atoms with Crippen molar-refractivity contribution in [3.8, 4) is 5.75 Å². The van der Waals surface area contributed by atoms with Gasteiger partial charge in [-0.3, -0.25) is 9.69 Å². The Morgan fingerprint density at radius 1 is 0.969 bits per heavy atom. The molecule has 0 radical (unpaired) electrons. The monoisotopic (exact) mass is 465 g/mol. The van der Waals surface area contributed by atoms with Crippen LogP contribution in [-0.2, 0) is 11.4 Å². The van der Waals surface area contributed by atoms with Gasteiger partial charge in [-0.05, 0) is 63.9 Å². The molecule has 0 saturated carbocycles. The van der Waals surface area contributed by atoms with E-state index in [1.165, 1.54) is 5.56 Å². The minimum Gasteiger partial charge on any atom is -0.426 e. The van der Waals surface area contributed by atoms with E-state index in [-0.39, 0.29) is 42.3 Å². The molecule has 0 aliphatic carbocycles. The number of benzene rings is 2. The average Bonchev–Trinajstić information content (AvgIpc) is 2.71. The first-order valence-corrected chi connectivity index (χ1v) is 11.0. The summed E-state index contributed by atoms with van der Waals surface area (Å²) in [5.41, 5.74) is 2.95. The molecule has 6 heteroatoms. The molecule has 0 aromatic heterocycles. The Kier molecular flexibility index (Phi) is 13.4. The lowest BCUT2D eigenvalue weighted by molar-refractivity contribution is -0.137. The van der Waals surface area contributed by atoms with Crippen molar-refractivity contribution >= 4 is 18.4 Å². The lowest BCUT2D eigenvalue weighted by Crippen LogP contribution is -2.38. The summed E-state index contributed by atoms with van der Waals surface area (Å²) in [5.74, 6) is 0.196. The van der Waals surface area contributed by atoms with Gasteiger partial charge in [-0.2, -0.15) is 0 Å². The standard InChI is InChI=1S/C26H37NO3.ClH.H2O/c1-18(2)26(29)30-25-13-12-21(17-28)16-24(25)23(22-10-8-7-9-11-22)14-15-27(19(3)4)20(5)6;;/h7-13,16,18-20,23,28H,14-15,17H2,1-6H3;1H;1H2. The van der Waals surface area contributed by atoms with Crippen LogP contribution in [0.1, 0.15) is 70.6 Å². The largest absolute Gasteiger partial charge is 0.426 e. The van der Waals surface area contributed by atoms with E-state index in [0.717, 1.165) is 24.1 Å². The summed E-state index contributed by atoms with van der Waals surface area (Å²) in [7, 11) is 0. The van der Waals surface area contributed by atoms with Crippen LogP contribution in [-0.4, -0.2) is 40.1 Å². The SMILES string of the molecule is CC(C)C(=O)Oc1ccc(CO)cc1C(CCN(C(C)C)C(C)C)c1ccccc1.Cl.O. The summed E-state index contributed by atoms with van der Waals surface area (Å²) in [6.45, 7) is 13.4. The van der Waals surface area contributed by atoms with Crippen molar-refractivity contribution in [3.63, 3.8) is 0 Å². The topological polar surface area (TPSA) is 81.3 Å². The van der Waals surface area contributed by atoms with Crippen LogP contribution in [0.3, 0.4) is 0 Å². The molecular weight excluding hydrogens is 426 g/mol. The van der Waals surface area contributed by atoms with Gasteiger partial charge in [0, 0.05) is 23.6 Å². The van der Waals surface area contributed by atoms with Crippen LogP contribution in [0.25, 0.3) is 0 Å². The van der Waals surface area contributed by atoms with Gasteiger partial charge in [0.2, 0.25) is 0 Å². The molecule has 0 spiro atoms. The highest BCUT2D eigenvalue weighted by molar-refractivity contribution is 5.85. The third kappa shape index (κ3) is 8.21. The highest BCUT2D eigenvalue weighted by Crippen LogP contribution is 2.36. The molecular formula is C26H40ClNO4. The predicted octanol–water partition coefficient (Wildman–Crippen LogP) is 4.98. The van der Waals surface area contributed by atoms with E-state index in [4.69, 9.17) is 4.74 Å². The van der Waals surface area contributed by atoms with Gasteiger partial charge in [-0.1, -0.05) is 50.2 Å². The summed E-state index contributed by atoms with van der Waals surface area (Å²) in [5, 5.41) is 9.72. The summed E-state index contributed by atoms with van der Waals surface area (Å²) in [6, 6.07) is 16.9. The number of hydrogen-bond donors (Lipinski definition) is 1. The number of aliphatic hydroxyl groups excluding tert-OH is 1. The van der Waals surface area contributed by atoms with E-state index < -0.39 is 0 Å². The molecule has 2 aromatic carbocycles. The summed E-state index contributed by atoms with van der Waals surface area (Å²) in [4.78, 5) is 14.8. The Labute approximate surface area is 199 Å². The zero-order chi connectivity index (χ0) is 22.3. The van der Waals surface area contributed by atoms with E-state index in [1.807, 2.05) is 50.2 Å². The van der Waals surface area contributed by atoms with Crippen LogP contribution in [0.4, 0.5) is 0 Å². The second-order valence-electron chi connectivity index (χ2n) is 8.78. The Balaban J connectivity index is 0.00000480. The molecule has 0 fully saturated rings. The third-order valence-electron chi connectivity index (χ3n) is 5.52. The third-order valence-corrected chi connectivity index (χ3v) is 5.52. The quantitative estimate of drug-likeness (QED) is 0.396. The van der Waals surface area contributed by atoms with Gasteiger partial charge in [-0.25, -0.2) is 0 Å². The fourth-order valence-corrected chi connectivity index (χ4v) is 3.87. The van der Waals surface area contributed by atoms with Crippen molar-refractivity contribution in [2.24, 2.45) is 5.92 Å². The first-order valence-electron chi connectivity index (χ1n) is 11.0. The molecule has 32 heavy (non-hydrogen) atoms. The van der Waals surface area contributed by atoms with Crippen LogP contribution in [0, 0.1) is 5.92 Å². The number of carbonyl (C=O) groups is 1. The smallest absolute Gasteiger partial charge is 0.313 e. The molecule has 0 heterocycles. The highest BCUT2D eigenvalue weighted by Gasteiger charge is 2.23. The number of halogens is 1. The maximum Gasteiger partial charge on any atom is 0.313 e. The summed E-state index contributed by atoms with van der Waals surface area (Å²) >= 11 is 0. The molecule has 0 bridgehead atoms. The number of aliphatic hydroxyl groups is 1.